The Morgan fingerprint density at radius 1 is 1.35 bits per heavy atom. The molecular formula is C15H12F3N3O4S. The molecule has 1 aliphatic heterocycles. The Labute approximate surface area is 150 Å². The van der Waals surface area contributed by atoms with Gasteiger partial charge in [0.25, 0.3) is 5.91 Å². The van der Waals surface area contributed by atoms with Crippen molar-refractivity contribution in [1.29, 1.82) is 0 Å². The van der Waals surface area contributed by atoms with Crippen molar-refractivity contribution in [2.75, 3.05) is 13.7 Å². The van der Waals surface area contributed by atoms with Crippen LogP contribution in [0, 0.1) is 17.5 Å². The van der Waals surface area contributed by atoms with Crippen molar-refractivity contribution < 1.29 is 32.2 Å². The van der Waals surface area contributed by atoms with Crippen molar-refractivity contribution in [3.8, 4) is 5.75 Å². The Kier molecular flexibility index (Phi) is 6.39. The zero-order valence-electron chi connectivity index (χ0n) is 13.5. The SMILES string of the molecule is CCOc1cc(F)c(F)c(F)c1C=N/N=C1/NC(=O)/C(=C\C(=O)OC)S1. The lowest BCUT2D eigenvalue weighted by molar-refractivity contribution is -0.135. The lowest BCUT2D eigenvalue weighted by Crippen LogP contribution is -2.19. The van der Waals surface area contributed by atoms with Crippen LogP contribution < -0.4 is 10.1 Å². The van der Waals surface area contributed by atoms with Gasteiger partial charge in [0.2, 0.25) is 0 Å². The quantitative estimate of drug-likeness (QED) is 0.275. The predicted molar refractivity (Wildman–Crippen MR) is 88.3 cm³/mol. The number of nitrogens with one attached hydrogen (secondary N) is 1. The van der Waals surface area contributed by atoms with Gasteiger partial charge < -0.3 is 9.47 Å². The fraction of sp³-hybridized carbons (Fsp3) is 0.200. The van der Waals surface area contributed by atoms with Crippen molar-refractivity contribution in [2.45, 2.75) is 6.92 Å². The van der Waals surface area contributed by atoms with E-state index in [0.29, 0.717) is 6.07 Å². The number of benzene rings is 1. The van der Waals surface area contributed by atoms with E-state index in [9.17, 15) is 22.8 Å². The summed E-state index contributed by atoms with van der Waals surface area (Å²) in [6.45, 7) is 1.67. The molecule has 1 fully saturated rings. The maximum atomic E-state index is 13.9. The van der Waals surface area contributed by atoms with Crippen molar-refractivity contribution in [2.24, 2.45) is 10.2 Å². The molecule has 138 valence electrons. The van der Waals surface area contributed by atoms with Gasteiger partial charge in [-0.2, -0.15) is 5.10 Å². The number of ether oxygens (including phenoxy) is 2. The first-order valence-corrected chi connectivity index (χ1v) is 7.89. The second-order valence-corrected chi connectivity index (χ2v) is 5.60. The van der Waals surface area contributed by atoms with Crippen LogP contribution in [0.25, 0.3) is 0 Å². The third kappa shape index (κ3) is 4.42. The molecule has 0 bridgehead atoms. The van der Waals surface area contributed by atoms with Gasteiger partial charge in [-0.05, 0) is 18.7 Å². The number of amidine groups is 1. The monoisotopic (exact) mass is 387 g/mol. The van der Waals surface area contributed by atoms with Gasteiger partial charge in [0.1, 0.15) is 5.75 Å². The van der Waals surface area contributed by atoms with Gasteiger partial charge in [-0.3, -0.25) is 10.1 Å². The van der Waals surface area contributed by atoms with Crippen LogP contribution in [0.2, 0.25) is 0 Å². The van der Waals surface area contributed by atoms with E-state index >= 15 is 0 Å². The van der Waals surface area contributed by atoms with Crippen molar-refractivity contribution >= 4 is 35.0 Å². The Balaban J connectivity index is 2.25. The summed E-state index contributed by atoms with van der Waals surface area (Å²) in [5.41, 5.74) is -0.435. The summed E-state index contributed by atoms with van der Waals surface area (Å²) in [6.07, 6.45) is 1.79. The Bertz CT molecular complexity index is 840. The second-order valence-electron chi connectivity index (χ2n) is 4.57. The zero-order valence-corrected chi connectivity index (χ0v) is 14.3. The molecule has 1 heterocycles. The molecule has 0 radical (unpaired) electrons. The number of hydrogen-bond donors (Lipinski definition) is 1. The first kappa shape index (κ1) is 19.5. The van der Waals surface area contributed by atoms with Crippen LogP contribution in [0.5, 0.6) is 5.75 Å². The maximum Gasteiger partial charge on any atom is 0.331 e. The fourth-order valence-corrected chi connectivity index (χ4v) is 2.50. The average Bonchev–Trinajstić information content (AvgIpc) is 2.95. The summed E-state index contributed by atoms with van der Waals surface area (Å²) >= 11 is 0.799. The Morgan fingerprint density at radius 2 is 2.08 bits per heavy atom. The molecule has 1 amide bonds. The number of rotatable bonds is 5. The van der Waals surface area contributed by atoms with Gasteiger partial charge in [0.05, 0.1) is 30.4 Å². The molecule has 11 heteroatoms. The lowest BCUT2D eigenvalue weighted by atomic mass is 10.2. The van der Waals surface area contributed by atoms with Gasteiger partial charge in [0.15, 0.2) is 22.6 Å². The van der Waals surface area contributed by atoms with Crippen LogP contribution in [0.4, 0.5) is 13.2 Å². The minimum absolute atomic E-state index is 0.00218. The van der Waals surface area contributed by atoms with Crippen LogP contribution in [0.15, 0.2) is 27.3 Å². The highest BCUT2D eigenvalue weighted by Gasteiger charge is 2.25. The number of hydrogen-bond acceptors (Lipinski definition) is 7. The third-order valence-electron chi connectivity index (χ3n) is 2.90. The number of esters is 1. The second kappa shape index (κ2) is 8.52. The van der Waals surface area contributed by atoms with E-state index < -0.39 is 34.9 Å². The van der Waals surface area contributed by atoms with Crippen LogP contribution in [-0.4, -0.2) is 37.0 Å². The van der Waals surface area contributed by atoms with E-state index in [1.54, 1.807) is 6.92 Å². The first-order valence-electron chi connectivity index (χ1n) is 7.07. The van der Waals surface area contributed by atoms with E-state index in [-0.39, 0.29) is 22.4 Å². The summed E-state index contributed by atoms with van der Waals surface area (Å²) in [5, 5.41) is 9.50. The Hall–Kier alpha value is -2.82. The van der Waals surface area contributed by atoms with E-state index in [1.807, 2.05) is 0 Å². The van der Waals surface area contributed by atoms with E-state index in [2.05, 4.69) is 20.3 Å². The molecule has 0 aliphatic carbocycles. The molecule has 0 spiro atoms. The molecule has 7 nitrogen and oxygen atoms in total. The standard InChI is InChI=1S/C15H12F3N3O4S/c1-3-25-9-4-8(16)13(18)12(17)7(9)6-19-21-15-20-14(23)10(26-15)5-11(22)24-2/h4-6H,3H2,1-2H3,(H,20,21,23)/b10-5+,19-6?. The number of nitrogens with zero attached hydrogens (tertiary/aromatic N) is 2. The summed E-state index contributed by atoms with van der Waals surface area (Å²) in [5.74, 6) is -6.12. The average molecular weight is 387 g/mol. The molecule has 0 aromatic heterocycles. The van der Waals surface area contributed by atoms with Gasteiger partial charge in [0, 0.05) is 12.1 Å². The van der Waals surface area contributed by atoms with E-state index in [0.717, 1.165) is 31.2 Å². The number of carbonyl (C=O) groups excluding carboxylic acids is 2. The van der Waals surface area contributed by atoms with Crippen LogP contribution >= 0.6 is 11.8 Å². The molecule has 0 saturated carbocycles. The van der Waals surface area contributed by atoms with Crippen molar-refractivity contribution in [3.05, 3.63) is 40.1 Å². The minimum atomic E-state index is -1.67. The highest BCUT2D eigenvalue weighted by Crippen LogP contribution is 2.26. The molecule has 0 atom stereocenters. The van der Waals surface area contributed by atoms with Crippen molar-refractivity contribution in [1.82, 2.24) is 5.32 Å². The van der Waals surface area contributed by atoms with Gasteiger partial charge in [-0.15, -0.1) is 5.10 Å². The molecule has 0 unspecified atom stereocenters. The van der Waals surface area contributed by atoms with Crippen molar-refractivity contribution in [3.63, 3.8) is 0 Å². The summed E-state index contributed by atoms with van der Waals surface area (Å²) in [4.78, 5) is 22.8. The number of halogens is 3. The number of thioether (sulfide) groups is 1. The number of carbonyl (C=O) groups is 2. The maximum absolute atomic E-state index is 13.9. The zero-order chi connectivity index (χ0) is 19.3. The molecule has 26 heavy (non-hydrogen) atoms. The molecule has 1 aromatic rings. The molecular weight excluding hydrogens is 375 g/mol. The summed E-state index contributed by atoms with van der Waals surface area (Å²) in [7, 11) is 1.16. The van der Waals surface area contributed by atoms with E-state index in [1.165, 1.54) is 0 Å². The smallest absolute Gasteiger partial charge is 0.331 e. The van der Waals surface area contributed by atoms with Crippen LogP contribution in [-0.2, 0) is 14.3 Å². The topological polar surface area (TPSA) is 89.4 Å². The van der Waals surface area contributed by atoms with E-state index in [4.69, 9.17) is 4.74 Å². The van der Waals surface area contributed by atoms with Gasteiger partial charge in [-0.1, -0.05) is 0 Å². The highest BCUT2D eigenvalue weighted by molar-refractivity contribution is 8.18. The molecule has 1 aliphatic rings. The number of amides is 1. The first-order chi connectivity index (χ1) is 12.4. The van der Waals surface area contributed by atoms with Crippen LogP contribution in [0.3, 0.4) is 0 Å². The summed E-state index contributed by atoms with van der Waals surface area (Å²) in [6, 6.07) is 0.694. The Morgan fingerprint density at radius 3 is 2.73 bits per heavy atom. The fourth-order valence-electron chi connectivity index (χ4n) is 1.76. The van der Waals surface area contributed by atoms with Crippen LogP contribution in [0.1, 0.15) is 12.5 Å². The minimum Gasteiger partial charge on any atom is -0.493 e. The lowest BCUT2D eigenvalue weighted by Gasteiger charge is -2.08. The molecule has 1 aromatic carbocycles. The van der Waals surface area contributed by atoms with Gasteiger partial charge in [-0.25, -0.2) is 18.0 Å². The molecule has 1 N–H and O–H groups in total. The largest absolute Gasteiger partial charge is 0.493 e. The van der Waals surface area contributed by atoms with Gasteiger partial charge >= 0.3 is 5.97 Å². The number of methoxy groups -OCH3 is 1. The normalized spacial score (nSPS) is 17.2. The summed E-state index contributed by atoms with van der Waals surface area (Å²) < 4.78 is 50.0. The predicted octanol–water partition coefficient (Wildman–Crippen LogP) is 2.11. The highest BCUT2D eigenvalue weighted by atomic mass is 32.2. The molecule has 1 saturated heterocycles. The molecule has 2 rings (SSSR count). The third-order valence-corrected chi connectivity index (χ3v) is 3.80.